The Morgan fingerprint density at radius 2 is 2.29 bits per heavy atom. The normalized spacial score (nSPS) is 10.2. The van der Waals surface area contributed by atoms with Gasteiger partial charge in [-0.05, 0) is 17.4 Å². The molecule has 0 aliphatic carbocycles. The van der Waals surface area contributed by atoms with Gasteiger partial charge in [0, 0.05) is 13.0 Å². The molecule has 0 fully saturated rings. The van der Waals surface area contributed by atoms with Crippen molar-refractivity contribution in [1.82, 2.24) is 25.5 Å². The van der Waals surface area contributed by atoms with Crippen molar-refractivity contribution in [3.63, 3.8) is 0 Å². The number of hydrogen-bond acceptors (Lipinski definition) is 6. The van der Waals surface area contributed by atoms with Crippen molar-refractivity contribution in [2.24, 2.45) is 0 Å². The van der Waals surface area contributed by atoms with Gasteiger partial charge in [-0.2, -0.15) is 0 Å². The summed E-state index contributed by atoms with van der Waals surface area (Å²) in [6.45, 7) is 2.75. The van der Waals surface area contributed by atoms with Crippen LogP contribution in [0.5, 0.6) is 0 Å². The zero-order valence-corrected chi connectivity index (χ0v) is 10.1. The van der Waals surface area contributed by atoms with Crippen LogP contribution in [0.1, 0.15) is 13.3 Å². The van der Waals surface area contributed by atoms with Crippen molar-refractivity contribution in [3.05, 3.63) is 0 Å². The highest BCUT2D eigenvalue weighted by Crippen LogP contribution is 2.13. The summed E-state index contributed by atoms with van der Waals surface area (Å²) in [6.07, 6.45) is 0.263. The summed E-state index contributed by atoms with van der Waals surface area (Å²) < 4.78 is 1.42. The van der Waals surface area contributed by atoms with E-state index in [9.17, 15) is 9.59 Å². The minimum Gasteiger partial charge on any atom is -0.481 e. The van der Waals surface area contributed by atoms with Crippen molar-refractivity contribution in [2.45, 2.75) is 25.0 Å². The highest BCUT2D eigenvalue weighted by molar-refractivity contribution is 7.99. The molecule has 1 aromatic rings. The lowest BCUT2D eigenvalue weighted by atomic mass is 10.4. The number of aromatic nitrogens is 4. The highest BCUT2D eigenvalue weighted by atomic mass is 32.2. The SMILES string of the molecule is CCNC(=O)CCn1nnnc1SCC(=O)O. The summed E-state index contributed by atoms with van der Waals surface area (Å²) in [5.74, 6) is -1.13. The lowest BCUT2D eigenvalue weighted by Gasteiger charge is -2.03. The van der Waals surface area contributed by atoms with E-state index in [2.05, 4.69) is 20.8 Å². The van der Waals surface area contributed by atoms with E-state index in [0.29, 0.717) is 18.2 Å². The molecule has 0 unspecified atom stereocenters. The van der Waals surface area contributed by atoms with E-state index in [1.165, 1.54) is 4.68 Å². The fourth-order valence-electron chi connectivity index (χ4n) is 1.06. The molecule has 0 aliphatic rings. The predicted molar refractivity (Wildman–Crippen MR) is 59.5 cm³/mol. The molecule has 0 bridgehead atoms. The van der Waals surface area contributed by atoms with Crippen molar-refractivity contribution >= 4 is 23.6 Å². The molecule has 94 valence electrons. The number of nitrogens with zero attached hydrogens (tertiary/aromatic N) is 4. The monoisotopic (exact) mass is 259 g/mol. The number of amides is 1. The van der Waals surface area contributed by atoms with Gasteiger partial charge in [0.05, 0.1) is 12.3 Å². The molecule has 1 aromatic heterocycles. The zero-order chi connectivity index (χ0) is 12.7. The summed E-state index contributed by atoms with van der Waals surface area (Å²) in [7, 11) is 0. The molecule has 0 saturated heterocycles. The number of aryl methyl sites for hydroxylation is 1. The number of carbonyl (C=O) groups excluding carboxylic acids is 1. The number of nitrogens with one attached hydrogen (secondary N) is 1. The largest absolute Gasteiger partial charge is 0.481 e. The van der Waals surface area contributed by atoms with Crippen LogP contribution in [0.2, 0.25) is 0 Å². The number of rotatable bonds is 7. The maximum atomic E-state index is 11.2. The number of thioether (sulfide) groups is 1. The Morgan fingerprint density at radius 1 is 1.53 bits per heavy atom. The highest BCUT2D eigenvalue weighted by Gasteiger charge is 2.10. The Hall–Kier alpha value is -1.64. The number of tetrazole rings is 1. The predicted octanol–water partition coefficient (Wildman–Crippen LogP) is -0.624. The Bertz CT molecular complexity index is 394. The molecule has 0 spiro atoms. The lowest BCUT2D eigenvalue weighted by molar-refractivity contribution is -0.134. The third kappa shape index (κ3) is 4.81. The Morgan fingerprint density at radius 3 is 2.94 bits per heavy atom. The molecule has 1 heterocycles. The van der Waals surface area contributed by atoms with E-state index < -0.39 is 5.97 Å². The summed E-state index contributed by atoms with van der Waals surface area (Å²) >= 11 is 1.02. The van der Waals surface area contributed by atoms with Gasteiger partial charge in [-0.1, -0.05) is 11.8 Å². The Labute approximate surface area is 102 Å². The third-order valence-corrected chi connectivity index (χ3v) is 2.69. The Balaban J connectivity index is 2.45. The molecule has 9 heteroatoms. The van der Waals surface area contributed by atoms with Crippen molar-refractivity contribution in [3.8, 4) is 0 Å². The molecule has 1 amide bonds. The standard InChI is InChI=1S/C8H13N5O3S/c1-2-9-6(14)3-4-13-8(10-11-12-13)17-5-7(15)16/h2-5H2,1H3,(H,9,14)(H,15,16). The minimum atomic E-state index is -0.937. The fraction of sp³-hybridized carbons (Fsp3) is 0.625. The maximum Gasteiger partial charge on any atom is 0.313 e. The molecule has 17 heavy (non-hydrogen) atoms. The topological polar surface area (TPSA) is 110 Å². The summed E-state index contributed by atoms with van der Waals surface area (Å²) in [5, 5.41) is 22.4. The van der Waals surface area contributed by atoms with Crippen LogP contribution in [0.25, 0.3) is 0 Å². The van der Waals surface area contributed by atoms with Crippen LogP contribution in [0.4, 0.5) is 0 Å². The van der Waals surface area contributed by atoms with Gasteiger partial charge < -0.3 is 10.4 Å². The number of aliphatic carboxylic acids is 1. The quantitative estimate of drug-likeness (QED) is 0.627. The molecule has 0 saturated carbocycles. The average Bonchev–Trinajstić information content (AvgIpc) is 2.71. The first kappa shape index (κ1) is 13.4. The van der Waals surface area contributed by atoms with Crippen LogP contribution in [0.3, 0.4) is 0 Å². The van der Waals surface area contributed by atoms with E-state index in [1.54, 1.807) is 0 Å². The molecular formula is C8H13N5O3S. The van der Waals surface area contributed by atoms with Crippen LogP contribution >= 0.6 is 11.8 Å². The molecule has 0 aromatic carbocycles. The van der Waals surface area contributed by atoms with Crippen LogP contribution in [0, 0.1) is 0 Å². The van der Waals surface area contributed by atoms with Crippen LogP contribution in [-0.4, -0.2) is 49.5 Å². The van der Waals surface area contributed by atoms with Gasteiger partial charge in [-0.25, -0.2) is 4.68 Å². The van der Waals surface area contributed by atoms with Gasteiger partial charge in [-0.15, -0.1) is 5.10 Å². The van der Waals surface area contributed by atoms with Crippen molar-refractivity contribution < 1.29 is 14.7 Å². The van der Waals surface area contributed by atoms with Gasteiger partial charge in [0.15, 0.2) is 0 Å². The molecule has 0 aliphatic heterocycles. The van der Waals surface area contributed by atoms with Crippen LogP contribution < -0.4 is 5.32 Å². The van der Waals surface area contributed by atoms with E-state index >= 15 is 0 Å². The van der Waals surface area contributed by atoms with Crippen molar-refractivity contribution in [1.29, 1.82) is 0 Å². The minimum absolute atomic E-state index is 0.0859. The second kappa shape index (κ2) is 6.84. The van der Waals surface area contributed by atoms with Gasteiger partial charge >= 0.3 is 5.97 Å². The number of carboxylic acids is 1. The van der Waals surface area contributed by atoms with E-state index in [4.69, 9.17) is 5.11 Å². The number of hydrogen-bond donors (Lipinski definition) is 2. The van der Waals surface area contributed by atoms with Gasteiger partial charge in [0.1, 0.15) is 0 Å². The molecule has 0 atom stereocenters. The zero-order valence-electron chi connectivity index (χ0n) is 9.29. The molecule has 0 radical (unpaired) electrons. The molecule has 8 nitrogen and oxygen atoms in total. The fourth-order valence-corrected chi connectivity index (χ4v) is 1.68. The maximum absolute atomic E-state index is 11.2. The lowest BCUT2D eigenvalue weighted by Crippen LogP contribution is -2.24. The summed E-state index contributed by atoms with van der Waals surface area (Å²) in [5.41, 5.74) is 0. The first-order chi connectivity index (χ1) is 8.13. The van der Waals surface area contributed by atoms with Gasteiger partial charge in [0.2, 0.25) is 11.1 Å². The van der Waals surface area contributed by atoms with Crippen LogP contribution in [0.15, 0.2) is 5.16 Å². The van der Waals surface area contributed by atoms with Crippen LogP contribution in [-0.2, 0) is 16.1 Å². The number of carbonyl (C=O) groups is 2. The second-order valence-electron chi connectivity index (χ2n) is 3.07. The molecular weight excluding hydrogens is 246 g/mol. The molecule has 2 N–H and O–H groups in total. The first-order valence-corrected chi connectivity index (χ1v) is 5.99. The van der Waals surface area contributed by atoms with E-state index in [-0.39, 0.29) is 18.1 Å². The molecule has 1 rings (SSSR count). The van der Waals surface area contributed by atoms with Crippen molar-refractivity contribution in [2.75, 3.05) is 12.3 Å². The van der Waals surface area contributed by atoms with E-state index in [1.807, 2.05) is 6.92 Å². The van der Waals surface area contributed by atoms with E-state index in [0.717, 1.165) is 11.8 Å². The number of carboxylic acid groups (broad SMARTS) is 1. The summed E-state index contributed by atoms with van der Waals surface area (Å²) in [6, 6.07) is 0. The van der Waals surface area contributed by atoms with Gasteiger partial charge in [-0.3, -0.25) is 9.59 Å². The smallest absolute Gasteiger partial charge is 0.313 e. The third-order valence-electron chi connectivity index (χ3n) is 1.75. The second-order valence-corrected chi connectivity index (χ2v) is 4.01. The Kier molecular flexibility index (Phi) is 5.40. The average molecular weight is 259 g/mol. The summed E-state index contributed by atoms with van der Waals surface area (Å²) in [4.78, 5) is 21.6. The first-order valence-electron chi connectivity index (χ1n) is 5.01. The van der Waals surface area contributed by atoms with Gasteiger partial charge in [0.25, 0.3) is 0 Å².